The van der Waals surface area contributed by atoms with E-state index in [1.165, 1.54) is 71.1 Å². The van der Waals surface area contributed by atoms with E-state index in [0.717, 1.165) is 0 Å². The molecule has 1 fully saturated rings. The van der Waals surface area contributed by atoms with Crippen molar-refractivity contribution in [3.8, 4) is 11.1 Å². The fourth-order valence-electron chi connectivity index (χ4n) is 4.43. The van der Waals surface area contributed by atoms with Crippen molar-refractivity contribution in [2.45, 2.75) is 32.1 Å². The van der Waals surface area contributed by atoms with Crippen LogP contribution in [0.2, 0.25) is 0 Å². The van der Waals surface area contributed by atoms with E-state index in [4.69, 9.17) is 0 Å². The number of fused-ring (bicyclic) bond motifs is 3. The Morgan fingerprint density at radius 2 is 1.50 bits per heavy atom. The second kappa shape index (κ2) is 5.63. The van der Waals surface area contributed by atoms with Crippen LogP contribution in [0.3, 0.4) is 0 Å². The third-order valence-electron chi connectivity index (χ3n) is 5.60. The van der Waals surface area contributed by atoms with E-state index in [2.05, 4.69) is 67.1 Å². The Kier molecular flexibility index (Phi) is 3.29. The molecule has 0 nitrogen and oxygen atoms in total. The lowest BCUT2D eigenvalue weighted by Crippen LogP contribution is -2.00. The summed E-state index contributed by atoms with van der Waals surface area (Å²) < 4.78 is 0. The van der Waals surface area contributed by atoms with E-state index in [9.17, 15) is 0 Å². The van der Waals surface area contributed by atoms with Crippen LogP contribution < -0.4 is 0 Å². The molecule has 0 unspecified atom stereocenters. The zero-order valence-electron chi connectivity index (χ0n) is 13.9. The largest absolute Gasteiger partial charge is 0.0623 e. The van der Waals surface area contributed by atoms with Crippen LogP contribution in [0.5, 0.6) is 0 Å². The molecule has 24 heavy (non-hydrogen) atoms. The van der Waals surface area contributed by atoms with Crippen LogP contribution in [0.1, 0.15) is 48.8 Å². The first kappa shape index (κ1) is 14.0. The van der Waals surface area contributed by atoms with Gasteiger partial charge in [0.15, 0.2) is 0 Å². The van der Waals surface area contributed by atoms with Gasteiger partial charge in [-0.3, -0.25) is 0 Å². The van der Waals surface area contributed by atoms with Gasteiger partial charge in [0.25, 0.3) is 0 Å². The molecule has 5 rings (SSSR count). The van der Waals surface area contributed by atoms with Crippen molar-refractivity contribution >= 4 is 5.57 Å². The van der Waals surface area contributed by atoms with Crippen molar-refractivity contribution in [3.05, 3.63) is 95.0 Å². The van der Waals surface area contributed by atoms with Gasteiger partial charge in [-0.1, -0.05) is 72.7 Å². The summed E-state index contributed by atoms with van der Waals surface area (Å²) in [6, 6.07) is 15.5. The summed E-state index contributed by atoms with van der Waals surface area (Å²) in [4.78, 5) is 0. The van der Waals surface area contributed by atoms with Gasteiger partial charge in [-0.2, -0.15) is 0 Å². The Morgan fingerprint density at radius 1 is 0.708 bits per heavy atom. The maximum absolute atomic E-state index is 2.36. The van der Waals surface area contributed by atoms with Crippen molar-refractivity contribution < 1.29 is 0 Å². The van der Waals surface area contributed by atoms with Crippen LogP contribution in [0.15, 0.2) is 71.8 Å². The fourth-order valence-corrected chi connectivity index (χ4v) is 4.43. The van der Waals surface area contributed by atoms with Gasteiger partial charge >= 0.3 is 0 Å². The molecule has 0 spiro atoms. The molecule has 3 aliphatic carbocycles. The minimum absolute atomic E-state index is 1.27. The molecule has 0 bridgehead atoms. The molecular formula is C24H21. The molecule has 2 aromatic carbocycles. The van der Waals surface area contributed by atoms with Crippen molar-refractivity contribution in [1.82, 2.24) is 0 Å². The molecule has 0 heterocycles. The molecule has 0 aliphatic heterocycles. The number of benzene rings is 2. The Hall–Kier alpha value is -2.34. The summed E-state index contributed by atoms with van der Waals surface area (Å²) >= 11 is 0. The van der Waals surface area contributed by atoms with Gasteiger partial charge in [0.2, 0.25) is 0 Å². The summed E-state index contributed by atoms with van der Waals surface area (Å²) in [7, 11) is 0. The van der Waals surface area contributed by atoms with Crippen LogP contribution in [-0.2, 0) is 0 Å². The van der Waals surface area contributed by atoms with Crippen LogP contribution in [0.25, 0.3) is 16.7 Å². The maximum atomic E-state index is 2.36. The van der Waals surface area contributed by atoms with E-state index in [-0.39, 0.29) is 0 Å². The van der Waals surface area contributed by atoms with Crippen molar-refractivity contribution in [3.63, 3.8) is 0 Å². The highest BCUT2D eigenvalue weighted by molar-refractivity contribution is 5.94. The predicted molar refractivity (Wildman–Crippen MR) is 102 cm³/mol. The molecule has 0 atom stereocenters. The van der Waals surface area contributed by atoms with E-state index in [1.54, 1.807) is 5.57 Å². The number of rotatable bonds is 1. The molecule has 0 aromatic heterocycles. The predicted octanol–water partition coefficient (Wildman–Crippen LogP) is 6.48. The van der Waals surface area contributed by atoms with E-state index in [0.29, 0.717) is 0 Å². The zero-order chi connectivity index (χ0) is 15.9. The van der Waals surface area contributed by atoms with Crippen LogP contribution >= 0.6 is 0 Å². The smallest absolute Gasteiger partial charge is 0.0218 e. The number of hydrogen-bond acceptors (Lipinski definition) is 0. The topological polar surface area (TPSA) is 0 Å². The Balaban J connectivity index is 1.62. The summed E-state index contributed by atoms with van der Waals surface area (Å²) in [5.41, 5.74) is 11.5. The molecular weight excluding hydrogens is 288 g/mol. The van der Waals surface area contributed by atoms with Crippen molar-refractivity contribution in [1.29, 1.82) is 0 Å². The third kappa shape index (κ3) is 2.13. The van der Waals surface area contributed by atoms with Gasteiger partial charge in [-0.25, -0.2) is 0 Å². The zero-order valence-corrected chi connectivity index (χ0v) is 13.9. The molecule has 2 aromatic rings. The quantitative estimate of drug-likeness (QED) is 0.482. The van der Waals surface area contributed by atoms with Gasteiger partial charge in [-0.05, 0) is 64.6 Å². The summed E-state index contributed by atoms with van der Waals surface area (Å²) in [6.45, 7) is 0. The molecule has 0 N–H and O–H groups in total. The Morgan fingerprint density at radius 3 is 2.42 bits per heavy atom. The van der Waals surface area contributed by atoms with Crippen molar-refractivity contribution in [2.24, 2.45) is 0 Å². The SMILES string of the molecule is [CH]1c2ccccc2-c2cccc(C3=CC=CC3=C3CCCCC3)c21. The lowest BCUT2D eigenvalue weighted by molar-refractivity contribution is 0.597. The van der Waals surface area contributed by atoms with Gasteiger partial charge < -0.3 is 0 Å². The van der Waals surface area contributed by atoms with E-state index < -0.39 is 0 Å². The number of hydrogen-bond donors (Lipinski definition) is 0. The highest BCUT2D eigenvalue weighted by Crippen LogP contribution is 2.44. The van der Waals surface area contributed by atoms with Crippen molar-refractivity contribution in [2.75, 3.05) is 0 Å². The van der Waals surface area contributed by atoms with Gasteiger partial charge in [0.1, 0.15) is 0 Å². The Labute approximate surface area is 144 Å². The minimum Gasteiger partial charge on any atom is -0.0623 e. The summed E-state index contributed by atoms with van der Waals surface area (Å²) in [5, 5.41) is 0. The lowest BCUT2D eigenvalue weighted by Gasteiger charge is -2.19. The first-order valence-corrected chi connectivity index (χ1v) is 9.10. The first-order valence-electron chi connectivity index (χ1n) is 9.10. The molecule has 1 radical (unpaired) electrons. The molecule has 0 saturated heterocycles. The molecule has 117 valence electrons. The van der Waals surface area contributed by atoms with Gasteiger partial charge in [0.05, 0.1) is 0 Å². The highest BCUT2D eigenvalue weighted by atomic mass is 14.3. The Bertz CT molecular complexity index is 897. The third-order valence-corrected chi connectivity index (χ3v) is 5.60. The first-order chi connectivity index (χ1) is 11.9. The second-order valence-electron chi connectivity index (χ2n) is 7.02. The molecule has 0 amide bonds. The average molecular weight is 309 g/mol. The maximum Gasteiger partial charge on any atom is 0.0218 e. The molecule has 3 aliphatic rings. The monoisotopic (exact) mass is 309 g/mol. The standard InChI is InChI=1S/C24H21/c1-2-8-17(9-3-1)19-12-6-13-21(19)23-15-7-14-22-20-11-5-4-10-18(20)16-24(22)23/h4-7,10-16H,1-3,8-9H2. The fraction of sp³-hybridized carbons (Fsp3) is 0.208. The molecule has 0 heteroatoms. The van der Waals surface area contributed by atoms with Crippen LogP contribution in [-0.4, -0.2) is 0 Å². The second-order valence-corrected chi connectivity index (χ2v) is 7.02. The van der Waals surface area contributed by atoms with Gasteiger partial charge in [-0.15, -0.1) is 0 Å². The van der Waals surface area contributed by atoms with E-state index >= 15 is 0 Å². The minimum atomic E-state index is 1.27. The summed E-state index contributed by atoms with van der Waals surface area (Å²) in [5.74, 6) is 0. The average Bonchev–Trinajstić information content (AvgIpc) is 3.27. The number of allylic oxidation sites excluding steroid dienone is 6. The lowest BCUT2D eigenvalue weighted by atomic mass is 9.85. The van der Waals surface area contributed by atoms with Crippen LogP contribution in [0, 0.1) is 6.42 Å². The molecule has 1 saturated carbocycles. The highest BCUT2D eigenvalue weighted by Gasteiger charge is 2.24. The van der Waals surface area contributed by atoms with Gasteiger partial charge in [0, 0.05) is 6.42 Å². The summed E-state index contributed by atoms with van der Waals surface area (Å²) in [6.07, 6.45) is 15.9. The normalized spacial score (nSPS) is 18.6. The van der Waals surface area contributed by atoms with Crippen LogP contribution in [0.4, 0.5) is 0 Å². The van der Waals surface area contributed by atoms with E-state index in [1.807, 2.05) is 0 Å².